The van der Waals surface area contributed by atoms with Gasteiger partial charge in [0.15, 0.2) is 0 Å². The van der Waals surface area contributed by atoms with Gasteiger partial charge in [-0.2, -0.15) is 5.10 Å². The van der Waals surface area contributed by atoms with E-state index in [1.165, 1.54) is 6.20 Å². The number of carboxylic acid groups (broad SMARTS) is 1. The summed E-state index contributed by atoms with van der Waals surface area (Å²) in [4.78, 5) is 23.3. The van der Waals surface area contributed by atoms with Gasteiger partial charge in [0.1, 0.15) is 11.4 Å². The number of aliphatic carboxylic acids is 1. The molecule has 1 amide bonds. The topological polar surface area (TPSA) is 89.2 Å². The second kappa shape index (κ2) is 5.43. The Morgan fingerprint density at radius 2 is 1.95 bits per heavy atom. The van der Waals surface area contributed by atoms with E-state index in [-0.39, 0.29) is 12.5 Å². The molecule has 112 valence electrons. The van der Waals surface area contributed by atoms with Crippen molar-refractivity contribution < 1.29 is 14.7 Å². The zero-order valence-corrected chi connectivity index (χ0v) is 12.2. The van der Waals surface area contributed by atoms with Crippen LogP contribution >= 0.6 is 0 Å². The van der Waals surface area contributed by atoms with Crippen molar-refractivity contribution in [3.63, 3.8) is 0 Å². The maximum Gasteiger partial charge on any atom is 0.310 e. The van der Waals surface area contributed by atoms with E-state index >= 15 is 0 Å². The monoisotopic (exact) mass is 290 g/mol. The molecule has 2 rings (SSSR count). The van der Waals surface area contributed by atoms with Crippen LogP contribution < -0.4 is 5.32 Å². The summed E-state index contributed by atoms with van der Waals surface area (Å²) in [7, 11) is 1.74. The van der Waals surface area contributed by atoms with Crippen molar-refractivity contribution in [1.29, 1.82) is 0 Å². The molecular formula is C14H18N4O3. The molecule has 7 heteroatoms. The minimum absolute atomic E-state index is 0.0428. The van der Waals surface area contributed by atoms with Crippen molar-refractivity contribution in [3.05, 3.63) is 36.3 Å². The molecule has 2 N–H and O–H groups in total. The van der Waals surface area contributed by atoms with Crippen LogP contribution in [-0.2, 0) is 11.8 Å². The van der Waals surface area contributed by atoms with Crippen LogP contribution in [-0.4, -0.2) is 37.9 Å². The largest absolute Gasteiger partial charge is 0.481 e. The molecule has 21 heavy (non-hydrogen) atoms. The van der Waals surface area contributed by atoms with E-state index < -0.39 is 11.4 Å². The minimum atomic E-state index is -1.02. The summed E-state index contributed by atoms with van der Waals surface area (Å²) in [5.74, 6) is -0.675. The Labute approximate surface area is 122 Å². The molecule has 0 fully saturated rings. The lowest BCUT2D eigenvalue weighted by atomic mass is 9.94. The van der Waals surface area contributed by atoms with Crippen LogP contribution in [0.3, 0.4) is 0 Å². The standard InChI is InChI=1S/C14H18N4O3/c1-14(2,13(20)21)9-15-11(19)10-8-16-17(3)12(10)18-6-4-5-7-18/h4-8H,9H2,1-3H3,(H,15,19)(H,20,21). The predicted molar refractivity (Wildman–Crippen MR) is 76.3 cm³/mol. The maximum absolute atomic E-state index is 12.3. The van der Waals surface area contributed by atoms with Crippen molar-refractivity contribution in [2.24, 2.45) is 12.5 Å². The van der Waals surface area contributed by atoms with Crippen LogP contribution in [0.4, 0.5) is 0 Å². The number of carboxylic acids is 1. The number of hydrogen-bond acceptors (Lipinski definition) is 3. The molecule has 0 saturated carbocycles. The van der Waals surface area contributed by atoms with Crippen molar-refractivity contribution >= 4 is 11.9 Å². The number of aromatic nitrogens is 3. The first-order chi connectivity index (χ1) is 9.83. The lowest BCUT2D eigenvalue weighted by molar-refractivity contribution is -0.146. The number of nitrogens with zero attached hydrogens (tertiary/aromatic N) is 3. The van der Waals surface area contributed by atoms with E-state index in [1.807, 2.05) is 24.5 Å². The quantitative estimate of drug-likeness (QED) is 0.861. The van der Waals surface area contributed by atoms with Crippen LogP contribution in [0.2, 0.25) is 0 Å². The number of nitrogens with one attached hydrogen (secondary N) is 1. The van der Waals surface area contributed by atoms with Crippen molar-refractivity contribution in [1.82, 2.24) is 19.7 Å². The fraction of sp³-hybridized carbons (Fsp3) is 0.357. The van der Waals surface area contributed by atoms with Gasteiger partial charge >= 0.3 is 5.97 Å². The molecule has 0 spiro atoms. The highest BCUT2D eigenvalue weighted by Crippen LogP contribution is 2.16. The number of carbonyl (C=O) groups excluding carboxylic acids is 1. The van der Waals surface area contributed by atoms with E-state index in [2.05, 4.69) is 10.4 Å². The number of hydrogen-bond donors (Lipinski definition) is 2. The average molecular weight is 290 g/mol. The number of amides is 1. The highest BCUT2D eigenvalue weighted by molar-refractivity contribution is 5.97. The SMILES string of the molecule is Cn1ncc(C(=O)NCC(C)(C)C(=O)O)c1-n1cccc1. The molecular weight excluding hydrogens is 272 g/mol. The summed E-state index contributed by atoms with van der Waals surface area (Å²) in [6, 6.07) is 3.70. The van der Waals surface area contributed by atoms with Gasteiger partial charge in [-0.05, 0) is 26.0 Å². The Bertz CT molecular complexity index is 656. The summed E-state index contributed by atoms with van der Waals surface area (Å²) < 4.78 is 3.38. The molecule has 0 aliphatic carbocycles. The van der Waals surface area contributed by atoms with Gasteiger partial charge in [-0.15, -0.1) is 0 Å². The van der Waals surface area contributed by atoms with E-state index in [1.54, 1.807) is 30.1 Å². The summed E-state index contributed by atoms with van der Waals surface area (Å²) in [6.45, 7) is 3.17. The van der Waals surface area contributed by atoms with Gasteiger partial charge in [0, 0.05) is 26.0 Å². The van der Waals surface area contributed by atoms with Crippen molar-refractivity contribution in [2.75, 3.05) is 6.54 Å². The molecule has 0 radical (unpaired) electrons. The summed E-state index contributed by atoms with van der Waals surface area (Å²) in [6.07, 6.45) is 5.10. The second-order valence-electron chi connectivity index (χ2n) is 5.47. The first-order valence-corrected chi connectivity index (χ1v) is 6.50. The van der Waals surface area contributed by atoms with E-state index in [4.69, 9.17) is 5.11 Å². The molecule has 0 atom stereocenters. The average Bonchev–Trinajstić information content (AvgIpc) is 3.04. The van der Waals surface area contributed by atoms with E-state index in [0.717, 1.165) is 0 Å². The van der Waals surface area contributed by atoms with Crippen LogP contribution in [0.1, 0.15) is 24.2 Å². The Morgan fingerprint density at radius 3 is 2.52 bits per heavy atom. The van der Waals surface area contributed by atoms with Gasteiger partial charge in [-0.1, -0.05) is 0 Å². The van der Waals surface area contributed by atoms with E-state index in [0.29, 0.717) is 11.4 Å². The number of aryl methyl sites for hydroxylation is 1. The molecule has 2 heterocycles. The highest BCUT2D eigenvalue weighted by atomic mass is 16.4. The van der Waals surface area contributed by atoms with Gasteiger partial charge < -0.3 is 15.0 Å². The molecule has 0 aromatic carbocycles. The molecule has 0 bridgehead atoms. The van der Waals surface area contributed by atoms with Crippen LogP contribution in [0.15, 0.2) is 30.7 Å². The fourth-order valence-electron chi connectivity index (χ4n) is 1.85. The molecule has 0 aliphatic rings. The summed E-state index contributed by atoms with van der Waals surface area (Å²) in [5, 5.41) is 15.8. The lowest BCUT2D eigenvalue weighted by Crippen LogP contribution is -2.39. The highest BCUT2D eigenvalue weighted by Gasteiger charge is 2.28. The second-order valence-corrected chi connectivity index (χ2v) is 5.47. The van der Waals surface area contributed by atoms with Crippen LogP contribution in [0.25, 0.3) is 5.82 Å². The molecule has 2 aromatic rings. The van der Waals surface area contributed by atoms with Gasteiger partial charge in [-0.25, -0.2) is 0 Å². The molecule has 7 nitrogen and oxygen atoms in total. The Morgan fingerprint density at radius 1 is 1.33 bits per heavy atom. The fourth-order valence-corrected chi connectivity index (χ4v) is 1.85. The maximum atomic E-state index is 12.3. The van der Waals surface area contributed by atoms with E-state index in [9.17, 15) is 9.59 Å². The minimum Gasteiger partial charge on any atom is -0.481 e. The van der Waals surface area contributed by atoms with Gasteiger partial charge in [-0.3, -0.25) is 14.3 Å². The molecule has 0 aliphatic heterocycles. The Kier molecular flexibility index (Phi) is 3.84. The molecule has 0 saturated heterocycles. The Hall–Kier alpha value is -2.57. The van der Waals surface area contributed by atoms with Crippen LogP contribution in [0.5, 0.6) is 0 Å². The Balaban J connectivity index is 2.20. The zero-order valence-electron chi connectivity index (χ0n) is 12.2. The van der Waals surface area contributed by atoms with Crippen molar-refractivity contribution in [3.8, 4) is 5.82 Å². The first kappa shape index (κ1) is 14.8. The first-order valence-electron chi connectivity index (χ1n) is 6.50. The molecule has 0 unspecified atom stereocenters. The summed E-state index contributed by atoms with van der Waals surface area (Å²) in [5.41, 5.74) is -0.624. The third kappa shape index (κ3) is 2.96. The van der Waals surface area contributed by atoms with Gasteiger partial charge in [0.25, 0.3) is 5.91 Å². The predicted octanol–water partition coefficient (Wildman–Crippen LogP) is 1.05. The van der Waals surface area contributed by atoms with Gasteiger partial charge in [0.05, 0.1) is 11.6 Å². The zero-order chi connectivity index (χ0) is 15.6. The van der Waals surface area contributed by atoms with Crippen LogP contribution in [0, 0.1) is 5.41 Å². The third-order valence-corrected chi connectivity index (χ3v) is 3.27. The lowest BCUT2D eigenvalue weighted by Gasteiger charge is -2.19. The molecule has 2 aromatic heterocycles. The smallest absolute Gasteiger partial charge is 0.310 e. The number of rotatable bonds is 5. The summed E-state index contributed by atoms with van der Waals surface area (Å²) >= 11 is 0. The number of carbonyl (C=O) groups is 2. The third-order valence-electron chi connectivity index (χ3n) is 3.27. The van der Waals surface area contributed by atoms with Crippen molar-refractivity contribution in [2.45, 2.75) is 13.8 Å². The normalized spacial score (nSPS) is 11.4. The van der Waals surface area contributed by atoms with Gasteiger partial charge in [0.2, 0.25) is 0 Å².